The number of rotatable bonds is 4. The zero-order valence-electron chi connectivity index (χ0n) is 9.48. The predicted molar refractivity (Wildman–Crippen MR) is 66.1 cm³/mol. The van der Waals surface area contributed by atoms with E-state index in [4.69, 9.17) is 5.11 Å². The van der Waals surface area contributed by atoms with Crippen molar-refractivity contribution in [3.8, 4) is 0 Å². The number of hydrogen-bond donors (Lipinski definition) is 4. The second kappa shape index (κ2) is 5.16. The number of nitrogens with one attached hydrogen (secondary N) is 2. The molecule has 2 aromatic rings. The van der Waals surface area contributed by atoms with Crippen molar-refractivity contribution in [1.82, 2.24) is 4.98 Å². The molecule has 0 saturated heterocycles. The Balaban J connectivity index is 2.33. The van der Waals surface area contributed by atoms with Crippen LogP contribution in [0.5, 0.6) is 0 Å². The molecule has 4 N–H and O–H groups in total. The fourth-order valence-electron chi connectivity index (χ4n) is 1.63. The van der Waals surface area contributed by atoms with Crippen LogP contribution >= 0.6 is 0 Å². The minimum Gasteiger partial charge on any atom is -0.394 e. The lowest BCUT2D eigenvalue weighted by Gasteiger charge is -2.10. The lowest BCUT2D eigenvalue weighted by Crippen LogP contribution is -2.23. The molecule has 1 aromatic carbocycles. The van der Waals surface area contributed by atoms with E-state index in [2.05, 4.69) is 10.3 Å². The number of benzene rings is 1. The molecule has 1 heterocycles. The van der Waals surface area contributed by atoms with Gasteiger partial charge in [0.2, 0.25) is 0 Å². The normalized spacial score (nSPS) is 12.6. The molecule has 0 saturated carbocycles. The van der Waals surface area contributed by atoms with Gasteiger partial charge in [-0.1, -0.05) is 0 Å². The van der Waals surface area contributed by atoms with Crippen molar-refractivity contribution in [3.63, 3.8) is 0 Å². The summed E-state index contributed by atoms with van der Waals surface area (Å²) in [4.78, 5) is 13.8. The highest BCUT2D eigenvalue weighted by Crippen LogP contribution is 2.18. The topological polar surface area (TPSA) is 85.4 Å². The molecule has 0 aliphatic rings. The Labute approximate surface area is 102 Å². The summed E-state index contributed by atoms with van der Waals surface area (Å²) < 4.78 is 13.4. The number of aromatic nitrogens is 1. The molecule has 1 unspecified atom stereocenters. The molecule has 0 aliphatic heterocycles. The number of aliphatic hydroxyl groups is 2. The largest absolute Gasteiger partial charge is 0.394 e. The number of aromatic amines is 1. The average Bonchev–Trinajstić information content (AvgIpc) is 2.40. The molecular weight excluding hydrogens is 239 g/mol. The van der Waals surface area contributed by atoms with Crippen LogP contribution in [-0.4, -0.2) is 34.5 Å². The molecule has 5 nitrogen and oxygen atoms in total. The van der Waals surface area contributed by atoms with Crippen molar-refractivity contribution < 1.29 is 14.6 Å². The Morgan fingerprint density at radius 1 is 1.39 bits per heavy atom. The highest BCUT2D eigenvalue weighted by Gasteiger charge is 2.06. The summed E-state index contributed by atoms with van der Waals surface area (Å²) in [5, 5.41) is 21.2. The first-order chi connectivity index (χ1) is 8.61. The third-order valence-corrected chi connectivity index (χ3v) is 2.60. The van der Waals surface area contributed by atoms with Gasteiger partial charge in [-0.05, 0) is 18.2 Å². The highest BCUT2D eigenvalue weighted by atomic mass is 19.1. The molecule has 0 bridgehead atoms. The van der Waals surface area contributed by atoms with E-state index in [0.717, 1.165) is 6.20 Å². The van der Waals surface area contributed by atoms with E-state index in [1.54, 1.807) is 6.07 Å². The van der Waals surface area contributed by atoms with Crippen molar-refractivity contribution in [1.29, 1.82) is 0 Å². The van der Waals surface area contributed by atoms with Crippen molar-refractivity contribution >= 4 is 16.5 Å². The summed E-state index contributed by atoms with van der Waals surface area (Å²) in [5.41, 5.74) is 0.198. The monoisotopic (exact) mass is 252 g/mol. The molecule has 0 spiro atoms. The van der Waals surface area contributed by atoms with E-state index >= 15 is 0 Å². The fraction of sp³-hybridized carbons (Fsp3) is 0.250. The van der Waals surface area contributed by atoms with E-state index < -0.39 is 11.9 Å². The van der Waals surface area contributed by atoms with Gasteiger partial charge in [0, 0.05) is 23.8 Å². The Bertz CT molecular complexity index is 612. The summed E-state index contributed by atoms with van der Waals surface area (Å²) >= 11 is 0. The lowest BCUT2D eigenvalue weighted by atomic mass is 10.1. The number of H-pyrrole nitrogens is 1. The Morgan fingerprint density at radius 3 is 2.89 bits per heavy atom. The van der Waals surface area contributed by atoms with Crippen LogP contribution in [-0.2, 0) is 0 Å². The summed E-state index contributed by atoms with van der Waals surface area (Å²) in [6.07, 6.45) is 0.138. The van der Waals surface area contributed by atoms with Gasteiger partial charge < -0.3 is 20.5 Å². The van der Waals surface area contributed by atoms with Gasteiger partial charge in [0.25, 0.3) is 5.56 Å². The quantitative estimate of drug-likeness (QED) is 0.636. The van der Waals surface area contributed by atoms with Crippen LogP contribution < -0.4 is 10.9 Å². The van der Waals surface area contributed by atoms with Crippen LogP contribution in [0.2, 0.25) is 0 Å². The molecule has 1 aromatic heterocycles. The molecule has 1 atom stereocenters. The summed E-state index contributed by atoms with van der Waals surface area (Å²) in [6, 6.07) is 4.60. The van der Waals surface area contributed by atoms with Crippen LogP contribution in [0.1, 0.15) is 0 Å². The maximum atomic E-state index is 13.4. The van der Waals surface area contributed by atoms with Crippen LogP contribution in [0.25, 0.3) is 10.8 Å². The van der Waals surface area contributed by atoms with E-state index in [1.165, 1.54) is 12.1 Å². The fourth-order valence-corrected chi connectivity index (χ4v) is 1.63. The van der Waals surface area contributed by atoms with Gasteiger partial charge in [-0.25, -0.2) is 4.39 Å². The average molecular weight is 252 g/mol. The SMILES string of the molecule is O=c1[nH]cc(F)c2ccc(NCC(O)CO)cc12. The van der Waals surface area contributed by atoms with Gasteiger partial charge in [-0.2, -0.15) is 0 Å². The molecular formula is C12H13FN2O3. The van der Waals surface area contributed by atoms with Gasteiger partial charge in [0.1, 0.15) is 5.82 Å². The third kappa shape index (κ3) is 2.49. The zero-order valence-corrected chi connectivity index (χ0v) is 9.48. The maximum absolute atomic E-state index is 13.4. The number of anilines is 1. The molecule has 0 fully saturated rings. The van der Waals surface area contributed by atoms with Gasteiger partial charge in [0.05, 0.1) is 18.1 Å². The second-order valence-corrected chi connectivity index (χ2v) is 3.94. The summed E-state index contributed by atoms with van der Waals surface area (Å²) in [5.74, 6) is -0.494. The minimum atomic E-state index is -0.883. The van der Waals surface area contributed by atoms with Gasteiger partial charge >= 0.3 is 0 Å². The molecule has 6 heteroatoms. The molecule has 0 aliphatic carbocycles. The van der Waals surface area contributed by atoms with Gasteiger partial charge in [0.15, 0.2) is 0 Å². The van der Waals surface area contributed by atoms with Crippen molar-refractivity contribution in [2.45, 2.75) is 6.10 Å². The maximum Gasteiger partial charge on any atom is 0.256 e. The smallest absolute Gasteiger partial charge is 0.256 e. The van der Waals surface area contributed by atoms with Crippen LogP contribution in [0.4, 0.5) is 10.1 Å². The number of halogens is 1. The molecule has 2 rings (SSSR count). The Morgan fingerprint density at radius 2 is 2.17 bits per heavy atom. The summed E-state index contributed by atoms with van der Waals surface area (Å²) in [6.45, 7) is -0.203. The number of aliphatic hydroxyl groups excluding tert-OH is 2. The number of pyridine rings is 1. The molecule has 96 valence electrons. The Kier molecular flexibility index (Phi) is 3.59. The first-order valence-corrected chi connectivity index (χ1v) is 5.45. The highest BCUT2D eigenvalue weighted by molar-refractivity contribution is 5.85. The van der Waals surface area contributed by atoms with Crippen molar-refractivity contribution in [2.75, 3.05) is 18.5 Å². The Hall–Kier alpha value is -1.92. The van der Waals surface area contributed by atoms with E-state index in [9.17, 15) is 14.3 Å². The number of hydrogen-bond acceptors (Lipinski definition) is 4. The van der Waals surface area contributed by atoms with Crippen LogP contribution in [0, 0.1) is 5.82 Å². The second-order valence-electron chi connectivity index (χ2n) is 3.94. The third-order valence-electron chi connectivity index (χ3n) is 2.60. The van der Waals surface area contributed by atoms with E-state index in [1.807, 2.05) is 0 Å². The molecule has 18 heavy (non-hydrogen) atoms. The molecule has 0 amide bonds. The van der Waals surface area contributed by atoms with Gasteiger partial charge in [-0.3, -0.25) is 4.79 Å². The number of fused-ring (bicyclic) bond motifs is 1. The minimum absolute atomic E-state index is 0.148. The summed E-state index contributed by atoms with van der Waals surface area (Å²) in [7, 11) is 0. The van der Waals surface area contributed by atoms with E-state index in [-0.39, 0.29) is 29.5 Å². The van der Waals surface area contributed by atoms with Crippen LogP contribution in [0.3, 0.4) is 0 Å². The first kappa shape index (κ1) is 12.5. The van der Waals surface area contributed by atoms with Crippen molar-refractivity contribution in [3.05, 3.63) is 40.6 Å². The first-order valence-electron chi connectivity index (χ1n) is 5.45. The standard InChI is InChI=1S/C12H13FN2O3/c13-11-5-15-12(18)10-3-7(1-2-9(10)11)14-4-8(17)6-16/h1-3,5,8,14,16-17H,4,6H2,(H,15,18). The van der Waals surface area contributed by atoms with Crippen LogP contribution in [0.15, 0.2) is 29.2 Å². The molecule has 0 radical (unpaired) electrons. The zero-order chi connectivity index (χ0) is 13.1. The van der Waals surface area contributed by atoms with Crippen molar-refractivity contribution in [2.24, 2.45) is 0 Å². The predicted octanol–water partition coefficient (Wildman–Crippen LogP) is 0.432. The van der Waals surface area contributed by atoms with E-state index in [0.29, 0.717) is 5.69 Å². The lowest BCUT2D eigenvalue weighted by molar-refractivity contribution is 0.105. The van der Waals surface area contributed by atoms with Gasteiger partial charge in [-0.15, -0.1) is 0 Å².